The Balaban J connectivity index is 2.82. The number of hydrogen-bond donors (Lipinski definition) is 2. The fourth-order valence-corrected chi connectivity index (χ4v) is 1.78. The summed E-state index contributed by atoms with van der Waals surface area (Å²) in [7, 11) is 0. The van der Waals surface area contributed by atoms with Gasteiger partial charge in [0.15, 0.2) is 5.78 Å². The molecule has 0 heterocycles. The standard InChI is InChI=1S/C14H20N2O2/c1-9(2)15-10(3)14(18)12-6-5-7-13(8-12)16-11(4)17/h5-10,15H,1-4H3,(H,16,17)/t10-/m0/s1. The zero-order valence-corrected chi connectivity index (χ0v) is 11.3. The average molecular weight is 248 g/mol. The zero-order chi connectivity index (χ0) is 13.7. The average Bonchev–Trinajstić information content (AvgIpc) is 2.26. The number of amides is 1. The Bertz CT molecular complexity index is 441. The molecule has 0 saturated carbocycles. The maximum atomic E-state index is 12.1. The largest absolute Gasteiger partial charge is 0.326 e. The number of ketones is 1. The van der Waals surface area contributed by atoms with Gasteiger partial charge in [0, 0.05) is 24.2 Å². The summed E-state index contributed by atoms with van der Waals surface area (Å²) in [6.45, 7) is 7.28. The van der Waals surface area contributed by atoms with Crippen LogP contribution in [0.15, 0.2) is 24.3 Å². The number of hydrogen-bond acceptors (Lipinski definition) is 3. The van der Waals surface area contributed by atoms with E-state index < -0.39 is 0 Å². The Morgan fingerprint density at radius 1 is 1.17 bits per heavy atom. The molecule has 1 amide bonds. The van der Waals surface area contributed by atoms with Gasteiger partial charge in [0.1, 0.15) is 0 Å². The van der Waals surface area contributed by atoms with Crippen LogP contribution in [-0.4, -0.2) is 23.8 Å². The highest BCUT2D eigenvalue weighted by atomic mass is 16.1. The molecule has 98 valence electrons. The van der Waals surface area contributed by atoms with Crippen LogP contribution >= 0.6 is 0 Å². The van der Waals surface area contributed by atoms with Crippen molar-refractivity contribution < 1.29 is 9.59 Å². The molecule has 4 heteroatoms. The Morgan fingerprint density at radius 3 is 2.39 bits per heavy atom. The number of anilines is 1. The second kappa shape index (κ2) is 6.31. The fraction of sp³-hybridized carbons (Fsp3) is 0.429. The van der Waals surface area contributed by atoms with E-state index in [2.05, 4.69) is 10.6 Å². The Labute approximate surface area is 108 Å². The van der Waals surface area contributed by atoms with E-state index >= 15 is 0 Å². The van der Waals surface area contributed by atoms with Gasteiger partial charge in [0.25, 0.3) is 0 Å². The molecule has 4 nitrogen and oxygen atoms in total. The molecule has 0 saturated heterocycles. The number of Topliss-reactive ketones (excluding diaryl/α,β-unsaturated/α-hetero) is 1. The second-order valence-corrected chi connectivity index (χ2v) is 4.67. The quantitative estimate of drug-likeness (QED) is 0.785. The van der Waals surface area contributed by atoms with Crippen LogP contribution in [0.3, 0.4) is 0 Å². The molecule has 1 aromatic carbocycles. The molecular weight excluding hydrogens is 228 g/mol. The van der Waals surface area contributed by atoms with E-state index in [0.717, 1.165) is 0 Å². The molecular formula is C14H20N2O2. The molecule has 0 aromatic heterocycles. The van der Waals surface area contributed by atoms with Crippen molar-refractivity contribution in [3.05, 3.63) is 29.8 Å². The van der Waals surface area contributed by atoms with Gasteiger partial charge in [0.2, 0.25) is 5.91 Å². The van der Waals surface area contributed by atoms with E-state index in [1.165, 1.54) is 6.92 Å². The Hall–Kier alpha value is -1.68. The molecule has 0 aliphatic rings. The smallest absolute Gasteiger partial charge is 0.221 e. The van der Waals surface area contributed by atoms with Gasteiger partial charge in [-0.25, -0.2) is 0 Å². The van der Waals surface area contributed by atoms with E-state index in [-0.39, 0.29) is 23.8 Å². The van der Waals surface area contributed by atoms with E-state index in [0.29, 0.717) is 11.3 Å². The van der Waals surface area contributed by atoms with Gasteiger partial charge in [-0.05, 0) is 19.1 Å². The Morgan fingerprint density at radius 2 is 1.83 bits per heavy atom. The molecule has 1 rings (SSSR count). The molecule has 0 bridgehead atoms. The summed E-state index contributed by atoms with van der Waals surface area (Å²) < 4.78 is 0. The van der Waals surface area contributed by atoms with Crippen molar-refractivity contribution in [1.29, 1.82) is 0 Å². The number of rotatable bonds is 5. The van der Waals surface area contributed by atoms with Gasteiger partial charge < -0.3 is 10.6 Å². The lowest BCUT2D eigenvalue weighted by Gasteiger charge is -2.16. The van der Waals surface area contributed by atoms with E-state index in [4.69, 9.17) is 0 Å². The lowest BCUT2D eigenvalue weighted by atomic mass is 10.0. The molecule has 0 unspecified atom stereocenters. The molecule has 0 radical (unpaired) electrons. The van der Waals surface area contributed by atoms with Gasteiger partial charge in [-0.2, -0.15) is 0 Å². The Kier molecular flexibility index (Phi) is 5.04. The van der Waals surface area contributed by atoms with Gasteiger partial charge >= 0.3 is 0 Å². The van der Waals surface area contributed by atoms with E-state index in [1.807, 2.05) is 20.8 Å². The van der Waals surface area contributed by atoms with Crippen molar-refractivity contribution in [2.75, 3.05) is 5.32 Å². The molecule has 2 N–H and O–H groups in total. The van der Waals surface area contributed by atoms with Gasteiger partial charge in [-0.1, -0.05) is 26.0 Å². The van der Waals surface area contributed by atoms with E-state index in [9.17, 15) is 9.59 Å². The first kappa shape index (κ1) is 14.4. The maximum Gasteiger partial charge on any atom is 0.221 e. The first-order chi connectivity index (χ1) is 8.40. The lowest BCUT2D eigenvalue weighted by molar-refractivity contribution is -0.114. The maximum absolute atomic E-state index is 12.1. The van der Waals surface area contributed by atoms with Crippen molar-refractivity contribution in [2.45, 2.75) is 39.8 Å². The monoisotopic (exact) mass is 248 g/mol. The summed E-state index contributed by atoms with van der Waals surface area (Å²) in [6, 6.07) is 6.99. The van der Waals surface area contributed by atoms with Crippen molar-refractivity contribution in [2.24, 2.45) is 0 Å². The van der Waals surface area contributed by atoms with Crippen LogP contribution in [0.2, 0.25) is 0 Å². The minimum absolute atomic E-state index is 0.0240. The molecule has 1 atom stereocenters. The van der Waals surface area contributed by atoms with Crippen LogP contribution in [0, 0.1) is 0 Å². The van der Waals surface area contributed by atoms with Crippen molar-refractivity contribution in [3.63, 3.8) is 0 Å². The molecule has 1 aromatic rings. The number of nitrogens with one attached hydrogen (secondary N) is 2. The normalized spacial score (nSPS) is 12.3. The fourth-order valence-electron chi connectivity index (χ4n) is 1.78. The number of benzene rings is 1. The predicted octanol–water partition coefficient (Wildman–Crippen LogP) is 2.21. The third kappa shape index (κ3) is 4.30. The van der Waals surface area contributed by atoms with Crippen molar-refractivity contribution in [1.82, 2.24) is 5.32 Å². The summed E-state index contributed by atoms with van der Waals surface area (Å²) in [4.78, 5) is 23.1. The first-order valence-corrected chi connectivity index (χ1v) is 6.08. The third-order valence-corrected chi connectivity index (χ3v) is 2.44. The predicted molar refractivity (Wildman–Crippen MR) is 72.8 cm³/mol. The number of carbonyl (C=O) groups is 2. The van der Waals surface area contributed by atoms with Crippen molar-refractivity contribution in [3.8, 4) is 0 Å². The minimum Gasteiger partial charge on any atom is -0.326 e. The van der Waals surface area contributed by atoms with Crippen LogP contribution in [0.25, 0.3) is 0 Å². The second-order valence-electron chi connectivity index (χ2n) is 4.67. The highest BCUT2D eigenvalue weighted by Gasteiger charge is 2.15. The molecule has 0 fully saturated rings. The summed E-state index contributed by atoms with van der Waals surface area (Å²) in [5.74, 6) is -0.121. The zero-order valence-electron chi connectivity index (χ0n) is 11.3. The topological polar surface area (TPSA) is 58.2 Å². The van der Waals surface area contributed by atoms with Crippen LogP contribution in [0.4, 0.5) is 5.69 Å². The molecule has 0 aliphatic carbocycles. The van der Waals surface area contributed by atoms with Gasteiger partial charge in [-0.3, -0.25) is 9.59 Å². The van der Waals surface area contributed by atoms with Crippen LogP contribution in [0.5, 0.6) is 0 Å². The van der Waals surface area contributed by atoms with Gasteiger partial charge in [-0.15, -0.1) is 0 Å². The molecule has 0 spiro atoms. The first-order valence-electron chi connectivity index (χ1n) is 6.08. The van der Waals surface area contributed by atoms with Crippen molar-refractivity contribution >= 4 is 17.4 Å². The SMILES string of the molecule is CC(=O)Nc1cccc(C(=O)[C@H](C)NC(C)C)c1. The van der Waals surface area contributed by atoms with Crippen LogP contribution in [-0.2, 0) is 4.79 Å². The minimum atomic E-state index is -0.238. The number of carbonyl (C=O) groups excluding carboxylic acids is 2. The highest BCUT2D eigenvalue weighted by Crippen LogP contribution is 2.12. The van der Waals surface area contributed by atoms with Crippen LogP contribution < -0.4 is 10.6 Å². The summed E-state index contributed by atoms with van der Waals surface area (Å²) in [5.41, 5.74) is 1.24. The van der Waals surface area contributed by atoms with Crippen LogP contribution in [0.1, 0.15) is 38.1 Å². The third-order valence-electron chi connectivity index (χ3n) is 2.44. The molecule has 18 heavy (non-hydrogen) atoms. The lowest BCUT2D eigenvalue weighted by Crippen LogP contribution is -2.38. The van der Waals surface area contributed by atoms with E-state index in [1.54, 1.807) is 24.3 Å². The summed E-state index contributed by atoms with van der Waals surface area (Å²) in [6.07, 6.45) is 0. The highest BCUT2D eigenvalue weighted by molar-refractivity contribution is 6.01. The summed E-state index contributed by atoms with van der Waals surface area (Å²) >= 11 is 0. The summed E-state index contributed by atoms with van der Waals surface area (Å²) in [5, 5.41) is 5.83. The molecule has 0 aliphatic heterocycles. The van der Waals surface area contributed by atoms with Gasteiger partial charge in [0.05, 0.1) is 6.04 Å².